The predicted molar refractivity (Wildman–Crippen MR) is 24.6 cm³/mol. The fourth-order valence-corrected chi connectivity index (χ4v) is 0.227. The van der Waals surface area contributed by atoms with Gasteiger partial charge in [-0.2, -0.15) is 0 Å². The van der Waals surface area contributed by atoms with Crippen molar-refractivity contribution in [3.8, 4) is 0 Å². The lowest BCUT2D eigenvalue weighted by molar-refractivity contribution is -0.112. The summed E-state index contributed by atoms with van der Waals surface area (Å²) in [5.41, 5.74) is 4.91. The average molecular weight is 105 g/mol. The number of hydrogen-bond donors (Lipinski definition) is 1. The van der Waals surface area contributed by atoms with Crippen LogP contribution in [-0.2, 0) is 4.79 Å². The van der Waals surface area contributed by atoms with Gasteiger partial charge >= 0.3 is 0 Å². The van der Waals surface area contributed by atoms with Gasteiger partial charge in [0.05, 0.1) is 0 Å². The quantitative estimate of drug-likeness (QED) is 0.508. The van der Waals surface area contributed by atoms with Crippen LogP contribution < -0.4 is 5.73 Å². The third-order valence-electron chi connectivity index (χ3n) is 0.590. The molecule has 0 aliphatic carbocycles. The Morgan fingerprint density at radius 2 is 2.43 bits per heavy atom. The summed E-state index contributed by atoms with van der Waals surface area (Å²) < 4.78 is 11.7. The van der Waals surface area contributed by atoms with E-state index in [2.05, 4.69) is 0 Å². The Morgan fingerprint density at radius 1 is 1.86 bits per heavy atom. The van der Waals surface area contributed by atoms with Crippen molar-refractivity contribution in [3.05, 3.63) is 0 Å². The molecule has 0 spiro atoms. The maximum absolute atomic E-state index is 11.7. The second-order valence-electron chi connectivity index (χ2n) is 1.23. The lowest BCUT2D eigenvalue weighted by Gasteiger charge is -1.91. The van der Waals surface area contributed by atoms with Crippen LogP contribution in [0.15, 0.2) is 0 Å². The summed E-state index contributed by atoms with van der Waals surface area (Å²) in [6, 6.07) is 0. The van der Waals surface area contributed by atoms with Gasteiger partial charge < -0.3 is 10.5 Å². The molecule has 0 bridgehead atoms. The Hall–Kier alpha value is -0.440. The van der Waals surface area contributed by atoms with Crippen molar-refractivity contribution in [1.82, 2.24) is 0 Å². The van der Waals surface area contributed by atoms with E-state index < -0.39 is 6.17 Å². The number of halogens is 1. The molecule has 0 amide bonds. The second-order valence-corrected chi connectivity index (χ2v) is 1.23. The monoisotopic (exact) mass is 105 g/mol. The van der Waals surface area contributed by atoms with E-state index in [9.17, 15) is 9.18 Å². The molecule has 0 heterocycles. The summed E-state index contributed by atoms with van der Waals surface area (Å²) >= 11 is 0. The first-order valence-electron chi connectivity index (χ1n) is 2.10. The highest BCUT2D eigenvalue weighted by Gasteiger charge is 1.98. The molecule has 0 fully saturated rings. The summed E-state index contributed by atoms with van der Waals surface area (Å²) in [7, 11) is 0. The third-order valence-corrected chi connectivity index (χ3v) is 0.590. The zero-order valence-electron chi connectivity index (χ0n) is 3.93. The minimum absolute atomic E-state index is 0.142. The maximum atomic E-state index is 11.7. The van der Waals surface area contributed by atoms with Gasteiger partial charge in [-0.15, -0.1) is 0 Å². The van der Waals surface area contributed by atoms with E-state index in [0.29, 0.717) is 0 Å². The molecule has 0 rings (SSSR count). The topological polar surface area (TPSA) is 43.1 Å². The fraction of sp³-hybridized carbons (Fsp3) is 0.750. The van der Waals surface area contributed by atoms with E-state index in [-0.39, 0.29) is 19.3 Å². The predicted octanol–water partition coefficient (Wildman–Crippen LogP) is -0.128. The van der Waals surface area contributed by atoms with Gasteiger partial charge in [-0.3, -0.25) is 0 Å². The van der Waals surface area contributed by atoms with Crippen LogP contribution in [0.5, 0.6) is 0 Å². The van der Waals surface area contributed by atoms with Crippen LogP contribution in [0.2, 0.25) is 0 Å². The standard InChI is InChI=1S/C4H8FNO/c5-4(3-7)1-2-6/h3-4H,1-2,6H2/t4-/m0/s1. The first kappa shape index (κ1) is 6.56. The highest BCUT2D eigenvalue weighted by atomic mass is 19.1. The molecule has 0 saturated heterocycles. The summed E-state index contributed by atoms with van der Waals surface area (Å²) in [5.74, 6) is 0. The number of carbonyl (C=O) groups excluding carboxylic acids is 1. The molecule has 1 atom stereocenters. The van der Waals surface area contributed by atoms with Crippen molar-refractivity contribution in [2.24, 2.45) is 5.73 Å². The van der Waals surface area contributed by atoms with Gasteiger partial charge in [0.1, 0.15) is 0 Å². The molecule has 0 aromatic carbocycles. The summed E-state index contributed by atoms with van der Waals surface area (Å²) in [4.78, 5) is 9.46. The van der Waals surface area contributed by atoms with Gasteiger partial charge in [-0.1, -0.05) is 0 Å². The number of carbonyl (C=O) groups is 1. The molecular weight excluding hydrogens is 97.0 g/mol. The molecule has 2 N–H and O–H groups in total. The number of rotatable bonds is 3. The Kier molecular flexibility index (Phi) is 3.50. The van der Waals surface area contributed by atoms with E-state index in [0.717, 1.165) is 0 Å². The molecule has 0 saturated carbocycles. The van der Waals surface area contributed by atoms with Crippen molar-refractivity contribution in [3.63, 3.8) is 0 Å². The van der Waals surface area contributed by atoms with Crippen molar-refractivity contribution in [2.75, 3.05) is 6.54 Å². The van der Waals surface area contributed by atoms with Crippen LogP contribution in [-0.4, -0.2) is 19.0 Å². The van der Waals surface area contributed by atoms with Crippen LogP contribution in [0.4, 0.5) is 4.39 Å². The number of alkyl halides is 1. The average Bonchev–Trinajstić information content (AvgIpc) is 1.68. The van der Waals surface area contributed by atoms with Gasteiger partial charge in [0.15, 0.2) is 12.5 Å². The van der Waals surface area contributed by atoms with Crippen LogP contribution in [0.25, 0.3) is 0 Å². The van der Waals surface area contributed by atoms with E-state index >= 15 is 0 Å². The summed E-state index contributed by atoms with van der Waals surface area (Å²) in [5, 5.41) is 0. The smallest absolute Gasteiger partial charge is 0.156 e. The fourth-order valence-electron chi connectivity index (χ4n) is 0.227. The molecule has 0 radical (unpaired) electrons. The minimum atomic E-state index is -1.36. The highest BCUT2D eigenvalue weighted by molar-refractivity contribution is 5.55. The Morgan fingerprint density at radius 3 is 2.57 bits per heavy atom. The lowest BCUT2D eigenvalue weighted by atomic mass is 10.3. The largest absolute Gasteiger partial charge is 0.330 e. The van der Waals surface area contributed by atoms with Gasteiger partial charge in [0, 0.05) is 0 Å². The Balaban J connectivity index is 2.98. The van der Waals surface area contributed by atoms with Crippen molar-refractivity contribution in [1.29, 1.82) is 0 Å². The van der Waals surface area contributed by atoms with Crippen molar-refractivity contribution < 1.29 is 9.18 Å². The van der Waals surface area contributed by atoms with E-state index in [1.807, 2.05) is 0 Å². The number of nitrogens with two attached hydrogens (primary N) is 1. The van der Waals surface area contributed by atoms with E-state index in [1.165, 1.54) is 0 Å². The molecule has 0 aromatic rings. The first-order chi connectivity index (χ1) is 3.31. The van der Waals surface area contributed by atoms with Gasteiger partial charge in [-0.05, 0) is 13.0 Å². The highest BCUT2D eigenvalue weighted by Crippen LogP contribution is 1.88. The van der Waals surface area contributed by atoms with Crippen LogP contribution in [0, 0.1) is 0 Å². The van der Waals surface area contributed by atoms with Crippen LogP contribution in [0.3, 0.4) is 0 Å². The second kappa shape index (κ2) is 3.74. The molecule has 0 unspecified atom stereocenters. The first-order valence-corrected chi connectivity index (χ1v) is 2.10. The Bertz CT molecular complexity index is 57.7. The van der Waals surface area contributed by atoms with Crippen LogP contribution in [0.1, 0.15) is 6.42 Å². The zero-order chi connectivity index (χ0) is 5.70. The third kappa shape index (κ3) is 3.39. The molecule has 42 valence electrons. The summed E-state index contributed by atoms with van der Waals surface area (Å²) in [6.45, 7) is 0.236. The van der Waals surface area contributed by atoms with Gasteiger partial charge in [0.25, 0.3) is 0 Å². The van der Waals surface area contributed by atoms with Gasteiger partial charge in [-0.25, -0.2) is 4.39 Å². The molecule has 0 aliphatic rings. The zero-order valence-corrected chi connectivity index (χ0v) is 3.93. The molecular formula is C4H8FNO. The normalized spacial score (nSPS) is 13.4. The van der Waals surface area contributed by atoms with E-state index in [1.54, 1.807) is 0 Å². The molecule has 7 heavy (non-hydrogen) atoms. The SMILES string of the molecule is NCC[C@H](F)C=O. The maximum Gasteiger partial charge on any atom is 0.156 e. The number of hydrogen-bond acceptors (Lipinski definition) is 2. The molecule has 2 nitrogen and oxygen atoms in total. The van der Waals surface area contributed by atoms with Crippen LogP contribution >= 0.6 is 0 Å². The summed E-state index contributed by atoms with van der Waals surface area (Å²) in [6.07, 6.45) is -0.957. The van der Waals surface area contributed by atoms with Crippen molar-refractivity contribution >= 4 is 6.29 Å². The van der Waals surface area contributed by atoms with E-state index in [4.69, 9.17) is 5.73 Å². The number of aldehydes is 1. The van der Waals surface area contributed by atoms with Gasteiger partial charge in [0.2, 0.25) is 0 Å². The van der Waals surface area contributed by atoms with Crippen molar-refractivity contribution in [2.45, 2.75) is 12.6 Å². The minimum Gasteiger partial charge on any atom is -0.330 e. The lowest BCUT2D eigenvalue weighted by Crippen LogP contribution is -2.09. The Labute approximate surface area is 41.5 Å². The molecule has 0 aliphatic heterocycles. The molecule has 0 aromatic heterocycles. The molecule has 3 heteroatoms.